The Kier molecular flexibility index (Phi) is 14.5. The van der Waals surface area contributed by atoms with Gasteiger partial charge in [-0.2, -0.15) is 0 Å². The van der Waals surface area contributed by atoms with E-state index in [4.69, 9.17) is 9.72 Å². The monoisotopic (exact) mass is 849 g/mol. The first kappa shape index (κ1) is 44.2. The van der Waals surface area contributed by atoms with Gasteiger partial charge in [0.05, 0.1) is 13.3 Å². The van der Waals surface area contributed by atoms with Crippen molar-refractivity contribution < 1.29 is 33.5 Å². The van der Waals surface area contributed by atoms with Crippen molar-refractivity contribution in [2.24, 2.45) is 0 Å². The molecule has 4 aliphatic rings. The third-order valence-corrected chi connectivity index (χ3v) is 12.5. The summed E-state index contributed by atoms with van der Waals surface area (Å²) in [6.07, 6.45) is 12.5. The molecule has 1 aromatic heterocycles. The van der Waals surface area contributed by atoms with Gasteiger partial charge in [0.15, 0.2) is 5.82 Å². The molecule has 1 saturated carbocycles. The summed E-state index contributed by atoms with van der Waals surface area (Å²) in [6, 6.07) is 9.98. The zero-order valence-electron chi connectivity index (χ0n) is 36.1. The number of methoxy groups -OCH3 is 1. The lowest BCUT2D eigenvalue weighted by molar-refractivity contribution is -0.137. The first-order valence-electron chi connectivity index (χ1n) is 22.2. The second-order valence-corrected chi connectivity index (χ2v) is 16.7. The first-order chi connectivity index (χ1) is 30.1. The minimum Gasteiger partial charge on any atom is -0.496 e. The van der Waals surface area contributed by atoms with E-state index in [2.05, 4.69) is 38.1 Å². The molecular weight excluding hydrogens is 791 g/mol. The zero-order valence-corrected chi connectivity index (χ0v) is 36.1. The van der Waals surface area contributed by atoms with Crippen molar-refractivity contribution >= 4 is 52.6 Å². The van der Waals surface area contributed by atoms with E-state index in [1.165, 1.54) is 4.90 Å². The van der Waals surface area contributed by atoms with Gasteiger partial charge in [0.2, 0.25) is 23.6 Å². The van der Waals surface area contributed by atoms with E-state index in [0.29, 0.717) is 59.8 Å². The smallest absolute Gasteiger partial charge is 0.255 e. The average Bonchev–Trinajstić information content (AvgIpc) is 3.92. The van der Waals surface area contributed by atoms with E-state index >= 15 is 0 Å². The number of likely N-dealkylation sites (N-methyl/N-ethyl adjacent to an activating group) is 1. The van der Waals surface area contributed by atoms with Gasteiger partial charge in [0.25, 0.3) is 11.8 Å². The molecule has 62 heavy (non-hydrogen) atoms. The second-order valence-electron chi connectivity index (χ2n) is 16.7. The lowest BCUT2D eigenvalue weighted by atomic mass is 10.0. The molecule has 4 N–H and O–H groups in total. The Hall–Kier alpha value is -5.90. The molecule has 16 nitrogen and oxygen atoms in total. The summed E-state index contributed by atoms with van der Waals surface area (Å²) in [4.78, 5) is 91.3. The molecule has 3 aliphatic heterocycles. The molecule has 16 heteroatoms. The Morgan fingerprint density at radius 3 is 2.52 bits per heavy atom. The second kappa shape index (κ2) is 20.3. The van der Waals surface area contributed by atoms with Crippen LogP contribution in [0.3, 0.4) is 0 Å². The summed E-state index contributed by atoms with van der Waals surface area (Å²) in [5.74, 6) is 0.754. The van der Waals surface area contributed by atoms with Gasteiger partial charge < -0.3 is 35.4 Å². The average molecular weight is 850 g/mol. The molecule has 0 spiro atoms. The molecule has 1 saturated heterocycles. The van der Waals surface area contributed by atoms with Crippen LogP contribution in [0.25, 0.3) is 0 Å². The lowest BCUT2D eigenvalue weighted by Crippen LogP contribution is -2.55. The molecular formula is C46H59N9O7. The van der Waals surface area contributed by atoms with Crippen LogP contribution in [0.2, 0.25) is 0 Å². The summed E-state index contributed by atoms with van der Waals surface area (Å²) >= 11 is 0. The largest absolute Gasteiger partial charge is 0.496 e. The third-order valence-electron chi connectivity index (χ3n) is 12.5. The van der Waals surface area contributed by atoms with Gasteiger partial charge in [-0.1, -0.05) is 44.7 Å². The van der Waals surface area contributed by atoms with Crippen molar-refractivity contribution in [1.82, 2.24) is 30.8 Å². The minimum absolute atomic E-state index is 0.0825. The number of hydrogen-bond acceptors (Lipinski definition) is 11. The van der Waals surface area contributed by atoms with Crippen molar-refractivity contribution in [3.05, 3.63) is 70.7 Å². The molecule has 0 bridgehead atoms. The van der Waals surface area contributed by atoms with Crippen molar-refractivity contribution in [3.63, 3.8) is 0 Å². The van der Waals surface area contributed by atoms with E-state index in [0.717, 1.165) is 87.9 Å². The zero-order chi connectivity index (χ0) is 43.8. The molecule has 2 fully saturated rings. The highest BCUT2D eigenvalue weighted by Gasteiger charge is 2.42. The predicted molar refractivity (Wildman–Crippen MR) is 234 cm³/mol. The van der Waals surface area contributed by atoms with E-state index in [1.54, 1.807) is 55.6 Å². The quantitative estimate of drug-likeness (QED) is 0.0970. The number of unbranched alkanes of at least 4 members (excludes halogenated alkanes) is 3. The number of fused-ring (bicyclic) bond motifs is 2. The molecule has 2 atom stereocenters. The molecule has 7 rings (SSSR count). The van der Waals surface area contributed by atoms with Gasteiger partial charge >= 0.3 is 0 Å². The van der Waals surface area contributed by atoms with Crippen molar-refractivity contribution in [2.45, 2.75) is 121 Å². The Balaban J connectivity index is 0.783. The molecule has 3 aromatic rings. The summed E-state index contributed by atoms with van der Waals surface area (Å²) in [6.45, 7) is 4.38. The summed E-state index contributed by atoms with van der Waals surface area (Å²) in [5.41, 5.74) is 3.84. The number of nitrogens with zero attached hydrogens (tertiary/aromatic N) is 5. The molecule has 4 heterocycles. The van der Waals surface area contributed by atoms with E-state index in [9.17, 15) is 28.8 Å². The van der Waals surface area contributed by atoms with Gasteiger partial charge in [0.1, 0.15) is 29.3 Å². The normalized spacial score (nSPS) is 18.8. The maximum atomic E-state index is 13.3. The molecule has 1 unspecified atom stereocenters. The van der Waals surface area contributed by atoms with Crippen LogP contribution < -0.4 is 35.8 Å². The Bertz CT molecular complexity index is 2170. The fraction of sp³-hybridized carbons (Fsp3) is 0.522. The van der Waals surface area contributed by atoms with Gasteiger partial charge in [-0.25, -0.2) is 9.97 Å². The Morgan fingerprint density at radius 2 is 1.74 bits per heavy atom. The third kappa shape index (κ3) is 9.90. The highest BCUT2D eigenvalue weighted by atomic mass is 16.5. The van der Waals surface area contributed by atoms with Crippen molar-refractivity contribution in [2.75, 3.05) is 48.9 Å². The molecule has 0 radical (unpaired) electrons. The van der Waals surface area contributed by atoms with Crippen LogP contribution in [-0.4, -0.2) is 102 Å². The summed E-state index contributed by atoms with van der Waals surface area (Å²) in [7, 11) is 3.39. The van der Waals surface area contributed by atoms with Crippen LogP contribution in [0.1, 0.15) is 128 Å². The fourth-order valence-corrected chi connectivity index (χ4v) is 9.15. The van der Waals surface area contributed by atoms with Crippen LogP contribution in [0, 0.1) is 0 Å². The number of anilines is 3. The van der Waals surface area contributed by atoms with Gasteiger partial charge in [-0.15, -0.1) is 0 Å². The van der Waals surface area contributed by atoms with Gasteiger partial charge in [-0.05, 0) is 82.3 Å². The fourth-order valence-electron chi connectivity index (χ4n) is 9.15. The van der Waals surface area contributed by atoms with Gasteiger partial charge in [-0.3, -0.25) is 34.1 Å². The number of ether oxygens (including phenoxy) is 1. The Morgan fingerprint density at radius 1 is 0.952 bits per heavy atom. The number of nitrogens with one attached hydrogen (secondary N) is 4. The van der Waals surface area contributed by atoms with Crippen LogP contribution >= 0.6 is 0 Å². The molecule has 1 aliphatic carbocycles. The number of aromatic nitrogens is 2. The van der Waals surface area contributed by atoms with Crippen LogP contribution in [-0.2, 0) is 32.1 Å². The van der Waals surface area contributed by atoms with Crippen LogP contribution in [0.4, 0.5) is 17.2 Å². The maximum absolute atomic E-state index is 13.3. The molecule has 2 aromatic carbocycles. The predicted octanol–water partition coefficient (Wildman–Crippen LogP) is 4.64. The number of carbonyl (C=O) groups is 6. The topological polar surface area (TPSA) is 195 Å². The summed E-state index contributed by atoms with van der Waals surface area (Å²) in [5, 5.41) is 11.7. The number of piperidine rings is 1. The summed E-state index contributed by atoms with van der Waals surface area (Å²) < 4.78 is 5.72. The highest BCUT2D eigenvalue weighted by Crippen LogP contribution is 2.40. The van der Waals surface area contributed by atoms with Gasteiger partial charge in [0, 0.05) is 73.4 Å². The SMILES string of the molecule is CC[C@@H]1C(=O)N(C)c2cnc(Cc3ccc(C(=O)NCCCNCCCCCCC(=O)Nc4cccc5c4CN(C4CCC(=O)NC4=O)C5=O)cc3OC)nc2N1C1CCCC1. The number of hydrogen-bond donors (Lipinski definition) is 4. The van der Waals surface area contributed by atoms with Crippen LogP contribution in [0.15, 0.2) is 42.6 Å². The Labute approximate surface area is 362 Å². The maximum Gasteiger partial charge on any atom is 0.255 e. The minimum atomic E-state index is -0.706. The first-order valence-corrected chi connectivity index (χ1v) is 22.2. The van der Waals surface area contributed by atoms with E-state index in [-0.39, 0.29) is 61.0 Å². The molecule has 6 amide bonds. The van der Waals surface area contributed by atoms with E-state index in [1.807, 2.05) is 6.07 Å². The standard InChI is InChI=1S/C46H59N9O7/c1-4-35-46(61)53(2)37-27-49-39(51-42(37)55(35)31-13-8-9-14-31)26-29-18-19-30(25-38(29)62-3)43(58)48-24-12-23-47-22-10-6-5-7-17-40(56)50-34-16-11-15-32-33(34)28-54(45(32)60)36-20-21-41(57)52-44(36)59/h11,15-16,18-19,25,27,31,35-36,47H,4-10,12-14,17,20-24,26,28H2,1-3H3,(H,48,58)(H,50,56)(H,52,57,59)/t35-,36?/m1/s1. The lowest BCUT2D eigenvalue weighted by Gasteiger charge is -2.43. The van der Waals surface area contributed by atoms with Crippen molar-refractivity contribution in [3.8, 4) is 5.75 Å². The van der Waals surface area contributed by atoms with Crippen LogP contribution in [0.5, 0.6) is 5.75 Å². The number of amides is 6. The number of carbonyl (C=O) groups excluding carboxylic acids is 6. The number of imide groups is 1. The number of benzene rings is 2. The highest BCUT2D eigenvalue weighted by molar-refractivity contribution is 6.07. The molecule has 330 valence electrons. The van der Waals surface area contributed by atoms with E-state index < -0.39 is 11.9 Å². The van der Waals surface area contributed by atoms with Crippen molar-refractivity contribution in [1.29, 1.82) is 0 Å². The number of rotatable bonds is 19.